The summed E-state index contributed by atoms with van der Waals surface area (Å²) in [4.78, 5) is 0. The van der Waals surface area contributed by atoms with Crippen molar-refractivity contribution in [3.05, 3.63) is 34.6 Å². The molecular weight excluding hydrogens is 354 g/mol. The second-order valence-electron chi connectivity index (χ2n) is 5.05. The molecule has 0 spiro atoms. The SMILES string of the molecule is CS(=O)(=O)NCC1CNCCOC1c1ccc(Cl)c(F)c1.Cl. The molecule has 1 aromatic rings. The minimum absolute atomic E-state index is 0. The van der Waals surface area contributed by atoms with Gasteiger partial charge in [0.1, 0.15) is 5.82 Å². The molecule has 1 heterocycles. The Balaban J connectivity index is 0.00000242. The van der Waals surface area contributed by atoms with E-state index >= 15 is 0 Å². The number of hydrogen-bond acceptors (Lipinski definition) is 4. The maximum atomic E-state index is 13.6. The first-order valence-corrected chi connectivity index (χ1v) is 8.85. The van der Waals surface area contributed by atoms with E-state index in [1.54, 1.807) is 6.07 Å². The van der Waals surface area contributed by atoms with Crippen molar-refractivity contribution >= 4 is 34.0 Å². The quantitative estimate of drug-likeness (QED) is 0.844. The number of rotatable bonds is 4. The fourth-order valence-electron chi connectivity index (χ4n) is 2.28. The summed E-state index contributed by atoms with van der Waals surface area (Å²) in [7, 11) is -3.28. The monoisotopic (exact) mass is 372 g/mol. The predicted molar refractivity (Wildman–Crippen MR) is 86.6 cm³/mol. The number of hydrogen-bond donors (Lipinski definition) is 2. The molecule has 0 bridgehead atoms. The van der Waals surface area contributed by atoms with Crippen molar-refractivity contribution in [2.75, 3.05) is 32.5 Å². The highest BCUT2D eigenvalue weighted by Gasteiger charge is 2.27. The Morgan fingerprint density at radius 2 is 2.23 bits per heavy atom. The van der Waals surface area contributed by atoms with Gasteiger partial charge in [0.2, 0.25) is 10.0 Å². The fourth-order valence-corrected chi connectivity index (χ4v) is 2.92. The van der Waals surface area contributed by atoms with E-state index in [1.165, 1.54) is 12.1 Å². The summed E-state index contributed by atoms with van der Waals surface area (Å²) in [5.74, 6) is -0.646. The largest absolute Gasteiger partial charge is 0.372 e. The molecule has 2 atom stereocenters. The molecule has 9 heteroatoms. The van der Waals surface area contributed by atoms with Gasteiger partial charge in [0, 0.05) is 25.6 Å². The number of ether oxygens (including phenoxy) is 1. The van der Waals surface area contributed by atoms with Crippen LogP contribution in [0.25, 0.3) is 0 Å². The van der Waals surface area contributed by atoms with E-state index in [4.69, 9.17) is 16.3 Å². The van der Waals surface area contributed by atoms with Crippen molar-refractivity contribution in [2.24, 2.45) is 5.92 Å². The van der Waals surface area contributed by atoms with Crippen molar-refractivity contribution in [2.45, 2.75) is 6.10 Å². The number of halogens is 3. The van der Waals surface area contributed by atoms with Crippen LogP contribution in [0.2, 0.25) is 5.02 Å². The first-order chi connectivity index (χ1) is 9.87. The Kier molecular flexibility index (Phi) is 7.51. The van der Waals surface area contributed by atoms with Gasteiger partial charge in [-0.1, -0.05) is 17.7 Å². The van der Waals surface area contributed by atoms with Crippen LogP contribution in [0.1, 0.15) is 11.7 Å². The molecule has 2 rings (SSSR count). The molecule has 0 saturated carbocycles. The molecule has 2 unspecified atom stereocenters. The lowest BCUT2D eigenvalue weighted by molar-refractivity contribution is 0.0320. The third-order valence-corrected chi connectivity index (χ3v) is 4.29. The van der Waals surface area contributed by atoms with E-state index in [-0.39, 0.29) is 36.0 Å². The van der Waals surface area contributed by atoms with Gasteiger partial charge >= 0.3 is 0 Å². The predicted octanol–water partition coefficient (Wildman–Crippen LogP) is 1.73. The average Bonchev–Trinajstić information content (AvgIpc) is 2.64. The molecular formula is C13H19Cl2FN2O3S. The lowest BCUT2D eigenvalue weighted by atomic mass is 9.95. The summed E-state index contributed by atoms with van der Waals surface area (Å²) in [5, 5.41) is 3.23. The average molecular weight is 373 g/mol. The standard InChI is InChI=1S/C13H18ClFN2O3S.ClH/c1-21(18,19)17-8-10-7-16-4-5-20-13(10)9-2-3-11(14)12(15)6-9;/h2-3,6,10,13,16-17H,4-5,7-8H2,1H3;1H. The Bertz CT molecular complexity index is 601. The minimum atomic E-state index is -3.28. The smallest absolute Gasteiger partial charge is 0.208 e. The number of benzene rings is 1. The maximum absolute atomic E-state index is 13.6. The lowest BCUT2D eigenvalue weighted by Crippen LogP contribution is -2.36. The van der Waals surface area contributed by atoms with Gasteiger partial charge < -0.3 is 10.1 Å². The lowest BCUT2D eigenvalue weighted by Gasteiger charge is -2.25. The van der Waals surface area contributed by atoms with Crippen LogP contribution in [0.5, 0.6) is 0 Å². The number of nitrogens with one attached hydrogen (secondary N) is 2. The molecule has 1 fully saturated rings. The second kappa shape index (κ2) is 8.42. The Labute approximate surface area is 141 Å². The van der Waals surface area contributed by atoms with Gasteiger partial charge in [-0.15, -0.1) is 12.4 Å². The first-order valence-electron chi connectivity index (χ1n) is 6.59. The molecule has 2 N–H and O–H groups in total. The summed E-state index contributed by atoms with van der Waals surface area (Å²) in [6, 6.07) is 4.52. The molecule has 0 aliphatic carbocycles. The minimum Gasteiger partial charge on any atom is -0.372 e. The van der Waals surface area contributed by atoms with Gasteiger partial charge in [-0.25, -0.2) is 17.5 Å². The van der Waals surface area contributed by atoms with Crippen LogP contribution in [-0.4, -0.2) is 40.9 Å². The van der Waals surface area contributed by atoms with Crippen LogP contribution in [0.15, 0.2) is 18.2 Å². The van der Waals surface area contributed by atoms with Gasteiger partial charge in [-0.05, 0) is 17.7 Å². The molecule has 1 saturated heterocycles. The van der Waals surface area contributed by atoms with Gasteiger partial charge in [-0.2, -0.15) is 0 Å². The summed E-state index contributed by atoms with van der Waals surface area (Å²) in [6.45, 7) is 1.95. The van der Waals surface area contributed by atoms with E-state index in [9.17, 15) is 12.8 Å². The second-order valence-corrected chi connectivity index (χ2v) is 7.29. The van der Waals surface area contributed by atoms with Gasteiger partial charge in [0.15, 0.2) is 0 Å². The van der Waals surface area contributed by atoms with E-state index in [0.29, 0.717) is 25.3 Å². The van der Waals surface area contributed by atoms with Crippen molar-refractivity contribution < 1.29 is 17.5 Å². The van der Waals surface area contributed by atoms with Crippen LogP contribution in [0.4, 0.5) is 4.39 Å². The van der Waals surface area contributed by atoms with Crippen LogP contribution >= 0.6 is 24.0 Å². The van der Waals surface area contributed by atoms with E-state index in [0.717, 1.165) is 6.26 Å². The van der Waals surface area contributed by atoms with E-state index in [2.05, 4.69) is 10.0 Å². The topological polar surface area (TPSA) is 67.4 Å². The summed E-state index contributed by atoms with van der Waals surface area (Å²) >= 11 is 5.69. The molecule has 1 aliphatic rings. The van der Waals surface area contributed by atoms with Crippen LogP contribution in [-0.2, 0) is 14.8 Å². The Morgan fingerprint density at radius 3 is 2.86 bits per heavy atom. The highest BCUT2D eigenvalue weighted by atomic mass is 35.5. The van der Waals surface area contributed by atoms with E-state index in [1.807, 2.05) is 0 Å². The molecule has 1 aliphatic heterocycles. The van der Waals surface area contributed by atoms with Crippen LogP contribution in [0.3, 0.4) is 0 Å². The highest BCUT2D eigenvalue weighted by Crippen LogP contribution is 2.29. The van der Waals surface area contributed by atoms with Crippen molar-refractivity contribution in [1.29, 1.82) is 0 Å². The zero-order chi connectivity index (χ0) is 15.5. The highest BCUT2D eigenvalue weighted by molar-refractivity contribution is 7.88. The Morgan fingerprint density at radius 1 is 1.50 bits per heavy atom. The van der Waals surface area contributed by atoms with Gasteiger partial charge in [0.05, 0.1) is 24.0 Å². The molecule has 0 aromatic heterocycles. The van der Waals surface area contributed by atoms with Gasteiger partial charge in [-0.3, -0.25) is 0 Å². The van der Waals surface area contributed by atoms with Crippen molar-refractivity contribution in [3.8, 4) is 0 Å². The zero-order valence-corrected chi connectivity index (χ0v) is 14.4. The molecule has 5 nitrogen and oxygen atoms in total. The molecule has 0 amide bonds. The molecule has 0 radical (unpaired) electrons. The maximum Gasteiger partial charge on any atom is 0.208 e. The van der Waals surface area contributed by atoms with E-state index < -0.39 is 15.8 Å². The summed E-state index contributed by atoms with van der Waals surface area (Å²) < 4.78 is 44.4. The van der Waals surface area contributed by atoms with Crippen LogP contribution < -0.4 is 10.0 Å². The van der Waals surface area contributed by atoms with Crippen molar-refractivity contribution in [1.82, 2.24) is 10.0 Å². The first kappa shape index (κ1) is 19.6. The van der Waals surface area contributed by atoms with Crippen LogP contribution in [0, 0.1) is 11.7 Å². The van der Waals surface area contributed by atoms with Gasteiger partial charge in [0.25, 0.3) is 0 Å². The zero-order valence-electron chi connectivity index (χ0n) is 12.0. The molecule has 22 heavy (non-hydrogen) atoms. The summed E-state index contributed by atoms with van der Waals surface area (Å²) in [5.41, 5.74) is 0.654. The molecule has 126 valence electrons. The normalized spacial score (nSPS) is 22.7. The number of sulfonamides is 1. The Hall–Kier alpha value is -0.440. The fraction of sp³-hybridized carbons (Fsp3) is 0.538. The third-order valence-electron chi connectivity index (χ3n) is 3.29. The van der Waals surface area contributed by atoms with Crippen molar-refractivity contribution in [3.63, 3.8) is 0 Å². The summed E-state index contributed by atoms with van der Waals surface area (Å²) in [6.07, 6.45) is 0.718. The third kappa shape index (κ3) is 5.64. The molecule has 1 aromatic carbocycles.